The molecule has 2 heteroatoms. The lowest BCUT2D eigenvalue weighted by Crippen LogP contribution is -2.34. The van der Waals surface area contributed by atoms with Gasteiger partial charge in [-0.3, -0.25) is 4.79 Å². The highest BCUT2D eigenvalue weighted by molar-refractivity contribution is 5.67. The fourth-order valence-electron chi connectivity index (χ4n) is 3.03. The van der Waals surface area contributed by atoms with Gasteiger partial charge in [0.25, 0.3) is 0 Å². The van der Waals surface area contributed by atoms with Crippen LogP contribution in [0.25, 0.3) is 0 Å². The lowest BCUT2D eigenvalue weighted by molar-refractivity contribution is -0.141. The topological polar surface area (TPSA) is 37.3 Å². The maximum absolute atomic E-state index is 10.8. The van der Waals surface area contributed by atoms with Crippen molar-refractivity contribution in [2.75, 3.05) is 0 Å². The van der Waals surface area contributed by atoms with Gasteiger partial charge in [-0.2, -0.15) is 0 Å². The van der Waals surface area contributed by atoms with Crippen molar-refractivity contribution in [1.29, 1.82) is 0 Å². The van der Waals surface area contributed by atoms with Gasteiger partial charge in [-0.25, -0.2) is 0 Å². The first-order valence-electron chi connectivity index (χ1n) is 5.61. The Labute approximate surface area is 86.7 Å². The Bertz CT molecular complexity index is 220. The molecule has 1 aliphatic rings. The van der Waals surface area contributed by atoms with Crippen LogP contribution in [-0.4, -0.2) is 11.1 Å². The lowest BCUT2D eigenvalue weighted by Gasteiger charge is -2.44. The Hall–Kier alpha value is -0.530. The minimum absolute atomic E-state index is 0.0770. The van der Waals surface area contributed by atoms with Gasteiger partial charge in [-0.1, -0.05) is 27.2 Å². The maximum Gasteiger partial charge on any atom is 0.303 e. The third kappa shape index (κ3) is 2.73. The van der Waals surface area contributed by atoms with Crippen LogP contribution in [0.1, 0.15) is 59.3 Å². The van der Waals surface area contributed by atoms with Crippen LogP contribution < -0.4 is 0 Å². The molecule has 0 aromatic rings. The average molecular weight is 198 g/mol. The van der Waals surface area contributed by atoms with Gasteiger partial charge >= 0.3 is 5.97 Å². The first-order valence-corrected chi connectivity index (χ1v) is 5.61. The minimum Gasteiger partial charge on any atom is -0.481 e. The number of carbonyl (C=O) groups is 1. The Morgan fingerprint density at radius 3 is 2.43 bits per heavy atom. The van der Waals surface area contributed by atoms with E-state index in [-0.39, 0.29) is 5.41 Å². The molecule has 0 unspecified atom stereocenters. The Balaban J connectivity index is 2.73. The van der Waals surface area contributed by atoms with Crippen molar-refractivity contribution in [2.24, 2.45) is 10.8 Å². The molecule has 0 heterocycles. The summed E-state index contributed by atoms with van der Waals surface area (Å²) in [5, 5.41) is 8.93. The molecule has 1 N–H and O–H groups in total. The number of hydrogen-bond donors (Lipinski definition) is 1. The van der Waals surface area contributed by atoms with Gasteiger partial charge in [-0.15, -0.1) is 0 Å². The summed E-state index contributed by atoms with van der Waals surface area (Å²) in [5.41, 5.74) is 0.414. The van der Waals surface area contributed by atoms with E-state index in [2.05, 4.69) is 20.8 Å². The molecule has 1 rings (SSSR count). The second-order valence-corrected chi connectivity index (χ2v) is 5.62. The molecule has 1 saturated carbocycles. The van der Waals surface area contributed by atoms with Crippen molar-refractivity contribution in [3.8, 4) is 0 Å². The molecular weight excluding hydrogens is 176 g/mol. The third-order valence-electron chi connectivity index (χ3n) is 3.69. The van der Waals surface area contributed by atoms with Crippen LogP contribution in [-0.2, 0) is 4.79 Å². The number of aliphatic carboxylic acids is 1. The van der Waals surface area contributed by atoms with E-state index in [1.807, 2.05) is 0 Å². The monoisotopic (exact) mass is 198 g/mol. The number of carboxylic acid groups (broad SMARTS) is 1. The Morgan fingerprint density at radius 1 is 1.36 bits per heavy atom. The highest BCUT2D eigenvalue weighted by Gasteiger charge is 2.39. The van der Waals surface area contributed by atoms with E-state index in [1.54, 1.807) is 0 Å². The fourth-order valence-corrected chi connectivity index (χ4v) is 3.03. The van der Waals surface area contributed by atoms with Crippen LogP contribution in [0.2, 0.25) is 0 Å². The molecule has 0 bridgehead atoms. The summed E-state index contributed by atoms with van der Waals surface area (Å²) in [6, 6.07) is 0. The van der Waals surface area contributed by atoms with E-state index in [4.69, 9.17) is 5.11 Å². The molecule has 0 saturated heterocycles. The van der Waals surface area contributed by atoms with Crippen molar-refractivity contribution in [3.63, 3.8) is 0 Å². The molecule has 0 amide bonds. The van der Waals surface area contributed by atoms with Crippen LogP contribution in [0.3, 0.4) is 0 Å². The molecule has 1 fully saturated rings. The van der Waals surface area contributed by atoms with Crippen molar-refractivity contribution >= 4 is 5.97 Å². The molecule has 0 radical (unpaired) electrons. The SMILES string of the molecule is CC[C@]1(CC(=O)O)CCCC(C)(C)C1. The molecule has 1 atom stereocenters. The highest BCUT2D eigenvalue weighted by Crippen LogP contribution is 2.49. The molecule has 0 aliphatic heterocycles. The fraction of sp³-hybridized carbons (Fsp3) is 0.917. The Morgan fingerprint density at radius 2 is 2.00 bits per heavy atom. The molecule has 0 spiro atoms. The van der Waals surface area contributed by atoms with Gasteiger partial charge < -0.3 is 5.11 Å². The molecule has 82 valence electrons. The summed E-state index contributed by atoms with van der Waals surface area (Å²) in [6.07, 6.45) is 5.96. The molecule has 1 aliphatic carbocycles. The van der Waals surface area contributed by atoms with Crippen LogP contribution in [0, 0.1) is 10.8 Å². The summed E-state index contributed by atoms with van der Waals surface area (Å²) in [6.45, 7) is 6.65. The van der Waals surface area contributed by atoms with Crippen molar-refractivity contribution in [3.05, 3.63) is 0 Å². The van der Waals surface area contributed by atoms with Crippen LogP contribution in [0.15, 0.2) is 0 Å². The zero-order valence-corrected chi connectivity index (χ0v) is 9.60. The van der Waals surface area contributed by atoms with E-state index >= 15 is 0 Å². The van der Waals surface area contributed by atoms with Crippen molar-refractivity contribution in [2.45, 2.75) is 59.3 Å². The summed E-state index contributed by atoms with van der Waals surface area (Å²) in [7, 11) is 0. The van der Waals surface area contributed by atoms with Crippen LogP contribution in [0.4, 0.5) is 0 Å². The highest BCUT2D eigenvalue weighted by atomic mass is 16.4. The number of rotatable bonds is 3. The standard InChI is InChI=1S/C12H22O2/c1-4-12(8-10(13)14)7-5-6-11(2,3)9-12/h4-9H2,1-3H3,(H,13,14)/t12-/m1/s1. The van der Waals surface area contributed by atoms with Crippen molar-refractivity contribution in [1.82, 2.24) is 0 Å². The average Bonchev–Trinajstić information content (AvgIpc) is 2.01. The predicted molar refractivity (Wildman–Crippen MR) is 57.2 cm³/mol. The first-order chi connectivity index (χ1) is 6.39. The van der Waals surface area contributed by atoms with E-state index in [1.165, 1.54) is 12.8 Å². The van der Waals surface area contributed by atoms with Gasteiger partial charge in [0, 0.05) is 0 Å². The Kier molecular flexibility index (Phi) is 3.23. The molecule has 14 heavy (non-hydrogen) atoms. The smallest absolute Gasteiger partial charge is 0.303 e. The molecular formula is C12H22O2. The minimum atomic E-state index is -0.635. The predicted octanol–water partition coefficient (Wildman–Crippen LogP) is 3.46. The number of hydrogen-bond acceptors (Lipinski definition) is 1. The summed E-state index contributed by atoms with van der Waals surface area (Å²) < 4.78 is 0. The van der Waals surface area contributed by atoms with E-state index in [9.17, 15) is 4.79 Å². The van der Waals surface area contributed by atoms with E-state index < -0.39 is 5.97 Å². The third-order valence-corrected chi connectivity index (χ3v) is 3.69. The molecule has 0 aromatic carbocycles. The van der Waals surface area contributed by atoms with Crippen LogP contribution in [0.5, 0.6) is 0 Å². The first kappa shape index (κ1) is 11.5. The summed E-state index contributed by atoms with van der Waals surface area (Å²) in [4.78, 5) is 10.8. The van der Waals surface area contributed by atoms with Gasteiger partial charge in [0.2, 0.25) is 0 Å². The van der Waals surface area contributed by atoms with E-state index in [0.717, 1.165) is 19.3 Å². The van der Waals surface area contributed by atoms with Crippen LogP contribution >= 0.6 is 0 Å². The lowest BCUT2D eigenvalue weighted by atomic mass is 9.61. The summed E-state index contributed by atoms with van der Waals surface area (Å²) >= 11 is 0. The second-order valence-electron chi connectivity index (χ2n) is 5.62. The zero-order valence-electron chi connectivity index (χ0n) is 9.60. The van der Waals surface area contributed by atoms with Crippen molar-refractivity contribution < 1.29 is 9.90 Å². The molecule has 0 aromatic heterocycles. The summed E-state index contributed by atoms with van der Waals surface area (Å²) in [5.74, 6) is -0.635. The van der Waals surface area contributed by atoms with Gasteiger partial charge in [-0.05, 0) is 36.5 Å². The number of carboxylic acids is 1. The second kappa shape index (κ2) is 3.92. The van der Waals surface area contributed by atoms with Gasteiger partial charge in [0.05, 0.1) is 6.42 Å². The molecule has 2 nitrogen and oxygen atoms in total. The van der Waals surface area contributed by atoms with E-state index in [0.29, 0.717) is 11.8 Å². The largest absolute Gasteiger partial charge is 0.481 e. The normalized spacial score (nSPS) is 31.4. The van der Waals surface area contributed by atoms with Gasteiger partial charge in [0.1, 0.15) is 0 Å². The zero-order chi connectivity index (χ0) is 10.8. The van der Waals surface area contributed by atoms with Gasteiger partial charge in [0.15, 0.2) is 0 Å². The maximum atomic E-state index is 10.8. The quantitative estimate of drug-likeness (QED) is 0.754.